The summed E-state index contributed by atoms with van der Waals surface area (Å²) in [6.45, 7) is 3.67. The van der Waals surface area contributed by atoms with Crippen LogP contribution in [0.5, 0.6) is 5.75 Å². The van der Waals surface area contributed by atoms with Crippen LogP contribution in [0, 0.1) is 12.7 Å². The van der Waals surface area contributed by atoms with Gasteiger partial charge >= 0.3 is 0 Å². The van der Waals surface area contributed by atoms with Crippen molar-refractivity contribution < 1.29 is 14.2 Å². The molecule has 0 radical (unpaired) electrons. The lowest BCUT2D eigenvalue weighted by atomic mass is 9.86. The van der Waals surface area contributed by atoms with E-state index in [4.69, 9.17) is 4.74 Å². The summed E-state index contributed by atoms with van der Waals surface area (Å²) >= 11 is 0. The molecule has 0 aliphatic carbocycles. The lowest BCUT2D eigenvalue weighted by molar-refractivity contribution is 0.0569. The Balaban J connectivity index is 2.30. The molecule has 0 bridgehead atoms. The summed E-state index contributed by atoms with van der Waals surface area (Å²) in [7, 11) is 1.61. The molecule has 20 heavy (non-hydrogen) atoms. The minimum Gasteiger partial charge on any atom is -0.497 e. The quantitative estimate of drug-likeness (QED) is 0.923. The number of rotatable bonds is 4. The van der Waals surface area contributed by atoms with Crippen molar-refractivity contribution in [1.82, 2.24) is 0 Å². The molecule has 0 spiro atoms. The number of hydrogen-bond donors (Lipinski definition) is 1. The second kappa shape index (κ2) is 5.63. The summed E-state index contributed by atoms with van der Waals surface area (Å²) < 4.78 is 18.4. The molecule has 0 saturated carbocycles. The Kier molecular flexibility index (Phi) is 4.09. The van der Waals surface area contributed by atoms with Crippen LogP contribution in [0.25, 0.3) is 0 Å². The molecule has 2 rings (SSSR count). The van der Waals surface area contributed by atoms with Gasteiger partial charge in [0.25, 0.3) is 0 Å². The third kappa shape index (κ3) is 3.17. The molecule has 0 heterocycles. The van der Waals surface area contributed by atoms with Gasteiger partial charge in [0.2, 0.25) is 0 Å². The van der Waals surface area contributed by atoms with Crippen molar-refractivity contribution >= 4 is 0 Å². The first-order valence-electron chi connectivity index (χ1n) is 6.54. The van der Waals surface area contributed by atoms with Crippen molar-refractivity contribution in [3.63, 3.8) is 0 Å². The molecule has 2 nitrogen and oxygen atoms in total. The number of benzene rings is 2. The van der Waals surface area contributed by atoms with Gasteiger partial charge in [0, 0.05) is 6.42 Å². The van der Waals surface area contributed by atoms with Crippen LogP contribution in [0.4, 0.5) is 4.39 Å². The Morgan fingerprint density at radius 1 is 1.20 bits per heavy atom. The van der Waals surface area contributed by atoms with Crippen molar-refractivity contribution in [3.05, 3.63) is 65.0 Å². The van der Waals surface area contributed by atoms with Gasteiger partial charge in [-0.05, 0) is 54.8 Å². The second-order valence-corrected chi connectivity index (χ2v) is 5.26. The van der Waals surface area contributed by atoms with E-state index < -0.39 is 5.60 Å². The molecule has 0 aliphatic rings. The minimum atomic E-state index is -1.05. The maximum Gasteiger partial charge on any atom is 0.123 e. The third-order valence-corrected chi connectivity index (χ3v) is 3.45. The maximum atomic E-state index is 13.2. The van der Waals surface area contributed by atoms with Crippen molar-refractivity contribution in [3.8, 4) is 5.75 Å². The summed E-state index contributed by atoms with van der Waals surface area (Å²) in [5.41, 5.74) is 1.49. The van der Waals surface area contributed by atoms with Gasteiger partial charge in [-0.25, -0.2) is 4.39 Å². The van der Waals surface area contributed by atoms with Crippen LogP contribution in [0.1, 0.15) is 23.6 Å². The lowest BCUT2D eigenvalue weighted by Crippen LogP contribution is -2.25. The highest BCUT2D eigenvalue weighted by molar-refractivity contribution is 5.39. The fourth-order valence-corrected chi connectivity index (χ4v) is 2.51. The highest BCUT2D eigenvalue weighted by atomic mass is 19.1. The predicted molar refractivity (Wildman–Crippen MR) is 77.4 cm³/mol. The molecule has 2 aromatic carbocycles. The molecule has 2 aromatic rings. The molecule has 0 aliphatic heterocycles. The zero-order valence-electron chi connectivity index (χ0n) is 12.0. The zero-order chi connectivity index (χ0) is 14.8. The van der Waals surface area contributed by atoms with Gasteiger partial charge in [-0.1, -0.05) is 18.2 Å². The molecule has 0 amide bonds. The normalized spacial score (nSPS) is 13.8. The topological polar surface area (TPSA) is 29.5 Å². The summed E-state index contributed by atoms with van der Waals surface area (Å²) in [6.07, 6.45) is 0.359. The monoisotopic (exact) mass is 274 g/mol. The number of aryl methyl sites for hydroxylation is 1. The van der Waals surface area contributed by atoms with Crippen LogP contribution < -0.4 is 4.74 Å². The fraction of sp³-hybridized carbons (Fsp3) is 0.294. The van der Waals surface area contributed by atoms with Crippen molar-refractivity contribution in [2.24, 2.45) is 0 Å². The molecule has 1 atom stereocenters. The van der Waals surface area contributed by atoms with E-state index in [1.165, 1.54) is 12.1 Å². The average molecular weight is 274 g/mol. The molecular weight excluding hydrogens is 255 g/mol. The van der Waals surface area contributed by atoms with Gasteiger partial charge in [0.05, 0.1) is 12.7 Å². The van der Waals surface area contributed by atoms with E-state index in [1.807, 2.05) is 31.2 Å². The van der Waals surface area contributed by atoms with Crippen LogP contribution in [-0.4, -0.2) is 12.2 Å². The lowest BCUT2D eigenvalue weighted by Gasteiger charge is -2.26. The van der Waals surface area contributed by atoms with E-state index in [2.05, 4.69) is 0 Å². The summed E-state index contributed by atoms with van der Waals surface area (Å²) in [6, 6.07) is 11.9. The molecule has 1 N–H and O–H groups in total. The van der Waals surface area contributed by atoms with Gasteiger partial charge in [-0.3, -0.25) is 0 Å². The fourth-order valence-electron chi connectivity index (χ4n) is 2.51. The molecule has 0 fully saturated rings. The Morgan fingerprint density at radius 3 is 2.55 bits per heavy atom. The molecule has 106 valence electrons. The third-order valence-electron chi connectivity index (χ3n) is 3.45. The van der Waals surface area contributed by atoms with Crippen molar-refractivity contribution in [2.75, 3.05) is 7.11 Å². The van der Waals surface area contributed by atoms with Crippen molar-refractivity contribution in [2.45, 2.75) is 25.9 Å². The Labute approximate surface area is 118 Å². The smallest absolute Gasteiger partial charge is 0.123 e. The Morgan fingerprint density at radius 2 is 1.95 bits per heavy atom. The number of halogens is 1. The van der Waals surface area contributed by atoms with Crippen molar-refractivity contribution in [1.29, 1.82) is 0 Å². The van der Waals surface area contributed by atoms with Crippen LogP contribution in [0.3, 0.4) is 0 Å². The standard InChI is InChI=1S/C17H19FO2/c1-12-9-15(20-3)7-8-16(12)17(2,19)11-13-5-4-6-14(18)10-13/h4-10,19H,11H2,1-3H3. The van der Waals surface area contributed by atoms with Gasteiger partial charge in [-0.2, -0.15) is 0 Å². The summed E-state index contributed by atoms with van der Waals surface area (Å²) in [5.74, 6) is 0.470. The highest BCUT2D eigenvalue weighted by Gasteiger charge is 2.25. The summed E-state index contributed by atoms with van der Waals surface area (Å²) in [4.78, 5) is 0. The molecule has 0 aromatic heterocycles. The number of ether oxygens (including phenoxy) is 1. The summed E-state index contributed by atoms with van der Waals surface area (Å²) in [5, 5.41) is 10.7. The molecular formula is C17H19FO2. The van der Waals surface area contributed by atoms with E-state index in [0.717, 1.165) is 22.4 Å². The maximum absolute atomic E-state index is 13.2. The van der Waals surface area contributed by atoms with E-state index in [1.54, 1.807) is 20.1 Å². The first-order valence-corrected chi connectivity index (χ1v) is 6.54. The Hall–Kier alpha value is -1.87. The SMILES string of the molecule is COc1ccc(C(C)(O)Cc2cccc(F)c2)c(C)c1. The highest BCUT2D eigenvalue weighted by Crippen LogP contribution is 2.30. The average Bonchev–Trinajstić information content (AvgIpc) is 2.37. The minimum absolute atomic E-state index is 0.287. The number of methoxy groups -OCH3 is 1. The zero-order valence-corrected chi connectivity index (χ0v) is 12.0. The van der Waals surface area contributed by atoms with E-state index in [-0.39, 0.29) is 5.82 Å². The van der Waals surface area contributed by atoms with Crippen LogP contribution >= 0.6 is 0 Å². The second-order valence-electron chi connectivity index (χ2n) is 5.26. The predicted octanol–water partition coefficient (Wildman–Crippen LogP) is 3.59. The molecule has 0 saturated heterocycles. The van der Waals surface area contributed by atoms with Gasteiger partial charge < -0.3 is 9.84 Å². The van der Waals surface area contributed by atoms with E-state index >= 15 is 0 Å². The van der Waals surface area contributed by atoms with Crippen LogP contribution in [0.2, 0.25) is 0 Å². The van der Waals surface area contributed by atoms with E-state index in [0.29, 0.717) is 6.42 Å². The van der Waals surface area contributed by atoms with Gasteiger partial charge in [0.1, 0.15) is 11.6 Å². The van der Waals surface area contributed by atoms with Crippen LogP contribution in [0.15, 0.2) is 42.5 Å². The first kappa shape index (κ1) is 14.5. The number of aliphatic hydroxyl groups is 1. The van der Waals surface area contributed by atoms with Gasteiger partial charge in [0.15, 0.2) is 0 Å². The molecule has 3 heteroatoms. The first-order chi connectivity index (χ1) is 9.42. The van der Waals surface area contributed by atoms with Crippen LogP contribution in [-0.2, 0) is 12.0 Å². The number of hydrogen-bond acceptors (Lipinski definition) is 2. The largest absolute Gasteiger partial charge is 0.497 e. The Bertz CT molecular complexity index is 606. The molecule has 1 unspecified atom stereocenters. The van der Waals surface area contributed by atoms with E-state index in [9.17, 15) is 9.50 Å². The van der Waals surface area contributed by atoms with Gasteiger partial charge in [-0.15, -0.1) is 0 Å².